The van der Waals surface area contributed by atoms with Gasteiger partial charge in [0.15, 0.2) is 11.6 Å². The van der Waals surface area contributed by atoms with Crippen LogP contribution >= 0.6 is 11.3 Å². The quantitative estimate of drug-likeness (QED) is 0.285. The summed E-state index contributed by atoms with van der Waals surface area (Å²) in [6.07, 6.45) is 4.44. The molecule has 0 radical (unpaired) electrons. The number of anilines is 2. The number of rotatable bonds is 6. The topological polar surface area (TPSA) is 112 Å². The average molecular weight is 542 g/mol. The van der Waals surface area contributed by atoms with Crippen molar-refractivity contribution < 1.29 is 8.78 Å². The van der Waals surface area contributed by atoms with E-state index in [9.17, 15) is 13.6 Å². The van der Waals surface area contributed by atoms with Crippen molar-refractivity contribution in [3.63, 3.8) is 0 Å². The largest absolute Gasteiger partial charge is 0.383 e. The van der Waals surface area contributed by atoms with Crippen LogP contribution in [0.15, 0.2) is 78.2 Å². The fourth-order valence-electron chi connectivity index (χ4n) is 4.45. The molecule has 0 spiro atoms. The van der Waals surface area contributed by atoms with Crippen LogP contribution in [0.3, 0.4) is 0 Å². The number of hydrogen-bond acceptors (Lipinski definition) is 8. The Labute approximate surface area is 224 Å². The number of halogens is 2. The van der Waals surface area contributed by atoms with Gasteiger partial charge in [-0.25, -0.2) is 28.7 Å². The first-order valence-electron chi connectivity index (χ1n) is 12.0. The zero-order valence-electron chi connectivity index (χ0n) is 20.6. The highest BCUT2D eigenvalue weighted by Gasteiger charge is 2.17. The number of thiophene rings is 1. The van der Waals surface area contributed by atoms with Crippen molar-refractivity contribution in [3.8, 4) is 10.4 Å². The number of pyridine rings is 1. The Morgan fingerprint density at radius 1 is 0.974 bits per heavy atom. The lowest BCUT2D eigenvalue weighted by Crippen LogP contribution is -2.25. The number of benzene rings is 2. The molecule has 0 saturated heterocycles. The first-order chi connectivity index (χ1) is 18.9. The molecular formula is C28H21F2N7OS. The van der Waals surface area contributed by atoms with Gasteiger partial charge in [-0.2, -0.15) is 0 Å². The molecule has 0 fully saturated rings. The van der Waals surface area contributed by atoms with Crippen molar-refractivity contribution in [2.45, 2.75) is 19.5 Å². The highest BCUT2D eigenvalue weighted by molar-refractivity contribution is 7.15. The Hall–Kier alpha value is -4.77. The second-order valence-corrected chi connectivity index (χ2v) is 10.1. The van der Waals surface area contributed by atoms with Crippen molar-refractivity contribution >= 4 is 44.8 Å². The molecule has 0 aliphatic heterocycles. The lowest BCUT2D eigenvalue weighted by Gasteiger charge is -2.17. The molecule has 11 heteroatoms. The number of nitrogens with zero attached hydrogens (tertiary/aromatic N) is 5. The molecule has 3 N–H and O–H groups in total. The first-order valence-corrected chi connectivity index (χ1v) is 12.8. The number of fused-ring (bicyclic) bond motifs is 2. The molecule has 0 aliphatic rings. The van der Waals surface area contributed by atoms with Crippen LogP contribution in [0.1, 0.15) is 23.4 Å². The molecule has 6 aromatic rings. The van der Waals surface area contributed by atoms with E-state index >= 15 is 0 Å². The highest BCUT2D eigenvalue weighted by atomic mass is 32.1. The molecule has 6 rings (SSSR count). The number of hydrogen-bond donors (Lipinski definition) is 2. The number of nitrogen functional groups attached to an aromatic ring is 1. The number of aromatic nitrogens is 5. The van der Waals surface area contributed by atoms with Gasteiger partial charge < -0.3 is 11.1 Å². The van der Waals surface area contributed by atoms with Crippen LogP contribution in [-0.2, 0) is 6.54 Å². The Kier molecular flexibility index (Phi) is 6.20. The van der Waals surface area contributed by atoms with E-state index in [0.29, 0.717) is 34.6 Å². The van der Waals surface area contributed by atoms with E-state index in [4.69, 9.17) is 5.73 Å². The summed E-state index contributed by atoms with van der Waals surface area (Å²) in [5.74, 6) is -1.09. The van der Waals surface area contributed by atoms with E-state index in [2.05, 4.69) is 25.3 Å². The molecular weight excluding hydrogens is 520 g/mol. The van der Waals surface area contributed by atoms with E-state index in [-0.39, 0.29) is 5.56 Å². The van der Waals surface area contributed by atoms with Gasteiger partial charge in [-0.3, -0.25) is 9.36 Å². The average Bonchev–Trinajstić information content (AvgIpc) is 3.42. The van der Waals surface area contributed by atoms with Gasteiger partial charge in [-0.1, -0.05) is 12.1 Å². The van der Waals surface area contributed by atoms with Gasteiger partial charge in [-0.05, 0) is 60.5 Å². The fraction of sp³-hybridized carbons (Fsp3) is 0.107. The van der Waals surface area contributed by atoms with E-state index in [1.807, 2.05) is 30.3 Å². The molecule has 1 unspecified atom stereocenters. The summed E-state index contributed by atoms with van der Waals surface area (Å²) in [4.78, 5) is 32.7. The minimum absolute atomic E-state index is 0.316. The molecule has 194 valence electrons. The normalized spacial score (nSPS) is 12.2. The van der Waals surface area contributed by atoms with Gasteiger partial charge in [0, 0.05) is 21.3 Å². The molecule has 4 heterocycles. The summed E-state index contributed by atoms with van der Waals surface area (Å²) < 4.78 is 28.6. The van der Waals surface area contributed by atoms with Crippen LogP contribution < -0.4 is 16.6 Å². The van der Waals surface area contributed by atoms with Crippen LogP contribution in [0.25, 0.3) is 32.2 Å². The summed E-state index contributed by atoms with van der Waals surface area (Å²) >= 11 is 1.60. The molecule has 1 atom stereocenters. The predicted molar refractivity (Wildman–Crippen MR) is 149 cm³/mol. The maximum atomic E-state index is 13.8. The molecule has 2 aromatic carbocycles. The van der Waals surface area contributed by atoms with Crippen LogP contribution in [0, 0.1) is 11.6 Å². The predicted octanol–water partition coefficient (Wildman–Crippen LogP) is 5.55. The molecule has 0 bridgehead atoms. The third-order valence-corrected chi connectivity index (χ3v) is 7.72. The summed E-state index contributed by atoms with van der Waals surface area (Å²) in [6, 6.07) is 14.6. The lowest BCUT2D eigenvalue weighted by molar-refractivity contribution is 0.502. The third-order valence-electron chi connectivity index (χ3n) is 6.58. The minimum atomic E-state index is -0.971. The van der Waals surface area contributed by atoms with Crippen LogP contribution in [0.5, 0.6) is 0 Å². The van der Waals surface area contributed by atoms with E-state index in [1.54, 1.807) is 30.5 Å². The van der Waals surface area contributed by atoms with Crippen LogP contribution in [0.4, 0.5) is 20.4 Å². The van der Waals surface area contributed by atoms with E-state index in [1.165, 1.54) is 23.3 Å². The van der Waals surface area contributed by atoms with Crippen molar-refractivity contribution in [1.82, 2.24) is 24.5 Å². The molecule has 8 nitrogen and oxygen atoms in total. The summed E-state index contributed by atoms with van der Waals surface area (Å²) in [5.41, 5.74) is 8.40. The Balaban J connectivity index is 1.28. The Bertz CT molecular complexity index is 1920. The van der Waals surface area contributed by atoms with Gasteiger partial charge in [0.1, 0.15) is 23.3 Å². The van der Waals surface area contributed by atoms with Gasteiger partial charge in [0.2, 0.25) is 0 Å². The fourth-order valence-corrected chi connectivity index (χ4v) is 5.39. The van der Waals surface area contributed by atoms with Crippen LogP contribution in [-0.4, -0.2) is 24.5 Å². The standard InChI is InChI=1S/C28H21F2N7OS/c1-15(16-2-5-20(29)21(30)11-16)37-14-36-23-8-9-32-27(25(23)28(37)38)33-12-18-4-7-24(39-18)17-3-6-22-19(10-17)26(31)35-13-34-22/h2-11,13-15H,12H2,1H3,(H,32,33)(H2,31,34,35). The zero-order valence-corrected chi connectivity index (χ0v) is 21.4. The Morgan fingerprint density at radius 3 is 2.69 bits per heavy atom. The molecule has 0 saturated carbocycles. The lowest BCUT2D eigenvalue weighted by atomic mass is 10.1. The van der Waals surface area contributed by atoms with Crippen molar-refractivity contribution in [2.24, 2.45) is 0 Å². The molecule has 0 amide bonds. The van der Waals surface area contributed by atoms with Crippen molar-refractivity contribution in [1.29, 1.82) is 0 Å². The van der Waals surface area contributed by atoms with Crippen molar-refractivity contribution in [3.05, 3.63) is 106 Å². The van der Waals surface area contributed by atoms with Crippen molar-refractivity contribution in [2.75, 3.05) is 11.1 Å². The number of nitrogens with two attached hydrogens (primary N) is 1. The maximum absolute atomic E-state index is 13.8. The summed E-state index contributed by atoms with van der Waals surface area (Å²) in [7, 11) is 0. The SMILES string of the molecule is CC(c1ccc(F)c(F)c1)n1cnc2ccnc(NCc3ccc(-c4ccc5ncnc(N)c5c4)s3)c2c1=O. The first kappa shape index (κ1) is 24.6. The highest BCUT2D eigenvalue weighted by Crippen LogP contribution is 2.32. The summed E-state index contributed by atoms with van der Waals surface area (Å²) in [6.45, 7) is 2.16. The summed E-state index contributed by atoms with van der Waals surface area (Å²) in [5, 5.41) is 4.38. The van der Waals surface area contributed by atoms with E-state index < -0.39 is 17.7 Å². The van der Waals surface area contributed by atoms with Gasteiger partial charge in [0.05, 0.1) is 29.9 Å². The second-order valence-electron chi connectivity index (χ2n) is 8.97. The molecule has 39 heavy (non-hydrogen) atoms. The monoisotopic (exact) mass is 541 g/mol. The minimum Gasteiger partial charge on any atom is -0.383 e. The third kappa shape index (κ3) is 4.57. The molecule has 0 aliphatic carbocycles. The zero-order chi connectivity index (χ0) is 27.1. The number of nitrogens with one attached hydrogen (secondary N) is 1. The molecule has 4 aromatic heterocycles. The Morgan fingerprint density at radius 2 is 1.85 bits per heavy atom. The van der Waals surface area contributed by atoms with Gasteiger partial charge in [-0.15, -0.1) is 11.3 Å². The maximum Gasteiger partial charge on any atom is 0.265 e. The van der Waals surface area contributed by atoms with Gasteiger partial charge >= 0.3 is 0 Å². The second kappa shape index (κ2) is 9.84. The van der Waals surface area contributed by atoms with Crippen LogP contribution in [0.2, 0.25) is 0 Å². The van der Waals surface area contributed by atoms with E-state index in [0.717, 1.165) is 38.4 Å². The van der Waals surface area contributed by atoms with Gasteiger partial charge in [0.25, 0.3) is 5.56 Å². The smallest absolute Gasteiger partial charge is 0.265 e.